The van der Waals surface area contributed by atoms with Crippen LogP contribution in [0.4, 0.5) is 5.69 Å². The Hall–Kier alpha value is -2.89. The topological polar surface area (TPSA) is 88.3 Å². The van der Waals surface area contributed by atoms with E-state index < -0.39 is 11.9 Å². The Balaban J connectivity index is 2.23. The van der Waals surface area contributed by atoms with Gasteiger partial charge in [0.1, 0.15) is 0 Å². The molecular weight excluding hydrogens is 272 g/mol. The molecular formula is C15H14N2O4. The average molecular weight is 286 g/mol. The first-order valence-electron chi connectivity index (χ1n) is 6.20. The lowest BCUT2D eigenvalue weighted by atomic mass is 10.2. The van der Waals surface area contributed by atoms with Crippen molar-refractivity contribution in [2.24, 2.45) is 0 Å². The quantitative estimate of drug-likeness (QED) is 0.841. The Labute approximate surface area is 120 Å². The van der Waals surface area contributed by atoms with Crippen molar-refractivity contribution in [3.63, 3.8) is 0 Å². The fourth-order valence-electron chi connectivity index (χ4n) is 1.86. The van der Waals surface area contributed by atoms with E-state index in [1.807, 2.05) is 0 Å². The molecule has 0 saturated carbocycles. The fourth-order valence-corrected chi connectivity index (χ4v) is 1.86. The predicted molar refractivity (Wildman–Crippen MR) is 77.5 cm³/mol. The van der Waals surface area contributed by atoms with E-state index in [2.05, 4.69) is 15.0 Å². The number of rotatable bonds is 3. The molecule has 0 unspecified atom stereocenters. The SMILES string of the molecule is COC(=O)c1cccc(NC(=O)c2cc(C)[nH]c(=O)c2)c1. The van der Waals surface area contributed by atoms with Gasteiger partial charge in [0.2, 0.25) is 5.56 Å². The molecule has 6 nitrogen and oxygen atoms in total. The summed E-state index contributed by atoms with van der Waals surface area (Å²) >= 11 is 0. The van der Waals surface area contributed by atoms with Crippen molar-refractivity contribution in [1.82, 2.24) is 4.98 Å². The minimum Gasteiger partial charge on any atom is -0.465 e. The number of carbonyl (C=O) groups is 2. The molecule has 0 aliphatic heterocycles. The van der Waals surface area contributed by atoms with Crippen LogP contribution >= 0.6 is 0 Å². The van der Waals surface area contributed by atoms with Crippen LogP contribution in [0, 0.1) is 6.92 Å². The lowest BCUT2D eigenvalue weighted by Crippen LogP contribution is -2.17. The van der Waals surface area contributed by atoms with Crippen LogP contribution in [-0.4, -0.2) is 24.0 Å². The third-order valence-electron chi connectivity index (χ3n) is 2.78. The molecule has 0 saturated heterocycles. The van der Waals surface area contributed by atoms with Crippen LogP contribution < -0.4 is 10.9 Å². The zero-order chi connectivity index (χ0) is 15.4. The van der Waals surface area contributed by atoms with Crippen molar-refractivity contribution in [2.75, 3.05) is 12.4 Å². The van der Waals surface area contributed by atoms with E-state index in [4.69, 9.17) is 0 Å². The molecule has 2 aromatic rings. The summed E-state index contributed by atoms with van der Waals surface area (Å²) in [5.41, 5.74) is 1.28. The highest BCUT2D eigenvalue weighted by Gasteiger charge is 2.10. The molecule has 1 amide bonds. The van der Waals surface area contributed by atoms with Gasteiger partial charge in [-0.05, 0) is 31.2 Å². The van der Waals surface area contributed by atoms with Gasteiger partial charge in [0.05, 0.1) is 12.7 Å². The van der Waals surface area contributed by atoms with Crippen molar-refractivity contribution < 1.29 is 14.3 Å². The van der Waals surface area contributed by atoms with Gasteiger partial charge < -0.3 is 15.0 Å². The van der Waals surface area contributed by atoms with Gasteiger partial charge in [-0.15, -0.1) is 0 Å². The molecule has 0 bridgehead atoms. The highest BCUT2D eigenvalue weighted by atomic mass is 16.5. The molecule has 0 fully saturated rings. The van der Waals surface area contributed by atoms with E-state index in [-0.39, 0.29) is 11.1 Å². The summed E-state index contributed by atoms with van der Waals surface area (Å²) in [4.78, 5) is 37.4. The van der Waals surface area contributed by atoms with Crippen molar-refractivity contribution in [3.8, 4) is 0 Å². The maximum absolute atomic E-state index is 12.1. The maximum atomic E-state index is 12.1. The number of methoxy groups -OCH3 is 1. The van der Waals surface area contributed by atoms with Gasteiger partial charge >= 0.3 is 5.97 Å². The first kappa shape index (κ1) is 14.5. The smallest absolute Gasteiger partial charge is 0.337 e. The van der Waals surface area contributed by atoms with Gasteiger partial charge in [-0.3, -0.25) is 9.59 Å². The summed E-state index contributed by atoms with van der Waals surface area (Å²) in [6, 6.07) is 9.14. The number of hydrogen-bond donors (Lipinski definition) is 2. The van der Waals surface area contributed by atoms with E-state index in [0.717, 1.165) is 0 Å². The van der Waals surface area contributed by atoms with Crippen molar-refractivity contribution in [2.45, 2.75) is 6.92 Å². The van der Waals surface area contributed by atoms with Gasteiger partial charge in [-0.25, -0.2) is 4.79 Å². The molecule has 6 heteroatoms. The molecule has 2 N–H and O–H groups in total. The number of aryl methyl sites for hydroxylation is 1. The number of carbonyl (C=O) groups excluding carboxylic acids is 2. The summed E-state index contributed by atoms with van der Waals surface area (Å²) in [5, 5.41) is 2.63. The monoisotopic (exact) mass is 286 g/mol. The van der Waals surface area contributed by atoms with Crippen molar-refractivity contribution in [1.29, 1.82) is 0 Å². The van der Waals surface area contributed by atoms with Crippen LogP contribution in [-0.2, 0) is 4.74 Å². The first-order chi connectivity index (χ1) is 9.99. The predicted octanol–water partition coefficient (Wildman–Crippen LogP) is 1.72. The second kappa shape index (κ2) is 6.04. The number of pyridine rings is 1. The molecule has 1 aromatic heterocycles. The Morgan fingerprint density at radius 2 is 1.90 bits per heavy atom. The minimum atomic E-state index is -0.488. The lowest BCUT2D eigenvalue weighted by molar-refractivity contribution is 0.0600. The van der Waals surface area contributed by atoms with E-state index in [9.17, 15) is 14.4 Å². The number of ether oxygens (including phenoxy) is 1. The minimum absolute atomic E-state index is 0.250. The average Bonchev–Trinajstić information content (AvgIpc) is 2.45. The number of H-pyrrole nitrogens is 1. The molecule has 21 heavy (non-hydrogen) atoms. The molecule has 0 radical (unpaired) electrons. The zero-order valence-electron chi connectivity index (χ0n) is 11.6. The number of benzene rings is 1. The molecule has 0 aliphatic rings. The van der Waals surface area contributed by atoms with Crippen molar-refractivity contribution in [3.05, 3.63) is 63.6 Å². The third-order valence-corrected chi connectivity index (χ3v) is 2.78. The number of aromatic amines is 1. The second-order valence-corrected chi connectivity index (χ2v) is 4.44. The zero-order valence-corrected chi connectivity index (χ0v) is 11.6. The molecule has 108 valence electrons. The number of nitrogens with one attached hydrogen (secondary N) is 2. The summed E-state index contributed by atoms with van der Waals surface area (Å²) < 4.78 is 4.62. The summed E-state index contributed by atoms with van der Waals surface area (Å²) in [5.74, 6) is -0.913. The molecule has 0 atom stereocenters. The van der Waals surface area contributed by atoms with Gasteiger partial charge in [0, 0.05) is 23.0 Å². The standard InChI is InChI=1S/C15H14N2O4/c1-9-6-11(8-13(18)16-9)14(19)17-12-5-3-4-10(7-12)15(20)21-2/h3-8H,1-2H3,(H,16,18)(H,17,19). The van der Waals surface area contributed by atoms with Crippen LogP contribution in [0.1, 0.15) is 26.4 Å². The molecule has 1 heterocycles. The molecule has 0 aliphatic carbocycles. The van der Waals surface area contributed by atoms with Crippen LogP contribution in [0.15, 0.2) is 41.2 Å². The number of esters is 1. The number of hydrogen-bond acceptors (Lipinski definition) is 4. The fraction of sp³-hybridized carbons (Fsp3) is 0.133. The summed E-state index contributed by atoms with van der Waals surface area (Å²) in [6.45, 7) is 1.69. The van der Waals surface area contributed by atoms with Crippen LogP contribution in [0.3, 0.4) is 0 Å². The second-order valence-electron chi connectivity index (χ2n) is 4.44. The van der Waals surface area contributed by atoms with Gasteiger partial charge in [-0.2, -0.15) is 0 Å². The Morgan fingerprint density at radius 1 is 1.14 bits per heavy atom. The van der Waals surface area contributed by atoms with Crippen LogP contribution in [0.2, 0.25) is 0 Å². The maximum Gasteiger partial charge on any atom is 0.337 e. The molecule has 0 spiro atoms. The molecule has 2 rings (SSSR count). The van der Waals surface area contributed by atoms with Crippen LogP contribution in [0.25, 0.3) is 0 Å². The normalized spacial score (nSPS) is 10.0. The Kier molecular flexibility index (Phi) is 4.18. The molecule has 1 aromatic carbocycles. The highest BCUT2D eigenvalue weighted by molar-refractivity contribution is 6.04. The van der Waals surface area contributed by atoms with E-state index >= 15 is 0 Å². The van der Waals surface area contributed by atoms with Gasteiger partial charge in [0.15, 0.2) is 0 Å². The number of anilines is 1. The first-order valence-corrected chi connectivity index (χ1v) is 6.20. The van der Waals surface area contributed by atoms with Gasteiger partial charge in [0.25, 0.3) is 5.91 Å². The van der Waals surface area contributed by atoms with Crippen molar-refractivity contribution >= 4 is 17.6 Å². The number of aromatic nitrogens is 1. The largest absolute Gasteiger partial charge is 0.465 e. The lowest BCUT2D eigenvalue weighted by Gasteiger charge is -2.07. The van der Waals surface area contributed by atoms with Crippen LogP contribution in [0.5, 0.6) is 0 Å². The van der Waals surface area contributed by atoms with E-state index in [1.54, 1.807) is 31.2 Å². The third kappa shape index (κ3) is 3.56. The summed E-state index contributed by atoms with van der Waals surface area (Å²) in [7, 11) is 1.28. The van der Waals surface area contributed by atoms with E-state index in [0.29, 0.717) is 16.9 Å². The highest BCUT2D eigenvalue weighted by Crippen LogP contribution is 2.13. The van der Waals surface area contributed by atoms with E-state index in [1.165, 1.54) is 19.2 Å². The number of amides is 1. The Morgan fingerprint density at radius 3 is 2.57 bits per heavy atom. The van der Waals surface area contributed by atoms with Gasteiger partial charge in [-0.1, -0.05) is 6.07 Å². The Bertz CT molecular complexity index is 749. The summed E-state index contributed by atoms with van der Waals surface area (Å²) in [6.07, 6.45) is 0.